The van der Waals surface area contributed by atoms with Crippen LogP contribution in [0.3, 0.4) is 0 Å². The SMILES string of the molecule is Cc1ccc(-n2c(C)nnc2S[C@@H](C[N+](=O)[O-])c2ccccc2OCc2ccccc2Cl)cc1. The lowest BCUT2D eigenvalue weighted by Crippen LogP contribution is -2.12. The summed E-state index contributed by atoms with van der Waals surface area (Å²) in [5.41, 5.74) is 3.60. The number of nitrogens with zero attached hydrogens (tertiary/aromatic N) is 4. The number of benzene rings is 3. The molecule has 1 atom stereocenters. The molecule has 0 bridgehead atoms. The van der Waals surface area contributed by atoms with Gasteiger partial charge in [0, 0.05) is 26.8 Å². The molecule has 0 amide bonds. The molecule has 4 aromatic rings. The molecular weight excluding hydrogens is 472 g/mol. The molecule has 0 N–H and O–H groups in total. The van der Waals surface area contributed by atoms with Crippen LogP contribution in [0.4, 0.5) is 0 Å². The van der Waals surface area contributed by atoms with Gasteiger partial charge in [0.15, 0.2) is 5.16 Å². The highest BCUT2D eigenvalue weighted by molar-refractivity contribution is 7.99. The summed E-state index contributed by atoms with van der Waals surface area (Å²) < 4.78 is 7.98. The third-order valence-corrected chi connectivity index (χ3v) is 6.79. The standard InChI is InChI=1S/C25H23ClN4O3S/c1-17-11-13-20(14-12-17)30-18(2)27-28-25(30)34-24(15-29(31)32)21-8-4-6-10-23(21)33-16-19-7-3-5-9-22(19)26/h3-14,24H,15-16H2,1-2H3/t24-/m0/s1. The number of rotatable bonds is 9. The summed E-state index contributed by atoms with van der Waals surface area (Å²) >= 11 is 7.56. The molecule has 34 heavy (non-hydrogen) atoms. The van der Waals surface area contributed by atoms with Crippen LogP contribution in [0.2, 0.25) is 5.02 Å². The first-order valence-electron chi connectivity index (χ1n) is 10.6. The predicted molar refractivity (Wildman–Crippen MR) is 134 cm³/mol. The fourth-order valence-electron chi connectivity index (χ4n) is 3.52. The van der Waals surface area contributed by atoms with Crippen molar-refractivity contribution >= 4 is 23.4 Å². The number of halogens is 1. The zero-order chi connectivity index (χ0) is 24.1. The Morgan fingerprint density at radius 1 is 1.03 bits per heavy atom. The summed E-state index contributed by atoms with van der Waals surface area (Å²) in [7, 11) is 0. The molecule has 0 spiro atoms. The van der Waals surface area contributed by atoms with Crippen molar-refractivity contribution in [2.75, 3.05) is 6.54 Å². The molecule has 1 heterocycles. The van der Waals surface area contributed by atoms with E-state index in [0.29, 0.717) is 27.3 Å². The lowest BCUT2D eigenvalue weighted by atomic mass is 10.1. The van der Waals surface area contributed by atoms with Gasteiger partial charge in [-0.2, -0.15) is 0 Å². The van der Waals surface area contributed by atoms with Crippen molar-refractivity contribution in [3.8, 4) is 11.4 Å². The van der Waals surface area contributed by atoms with Crippen LogP contribution >= 0.6 is 23.4 Å². The Labute approximate surface area is 206 Å². The molecule has 9 heteroatoms. The second-order valence-electron chi connectivity index (χ2n) is 7.74. The Hall–Kier alpha value is -3.36. The van der Waals surface area contributed by atoms with Crippen molar-refractivity contribution in [3.63, 3.8) is 0 Å². The third kappa shape index (κ3) is 5.58. The molecular formula is C25H23ClN4O3S. The van der Waals surface area contributed by atoms with E-state index in [2.05, 4.69) is 10.2 Å². The summed E-state index contributed by atoms with van der Waals surface area (Å²) in [4.78, 5) is 11.3. The average molecular weight is 495 g/mol. The van der Waals surface area contributed by atoms with Crippen LogP contribution in [0, 0.1) is 24.0 Å². The van der Waals surface area contributed by atoms with E-state index in [0.717, 1.165) is 16.8 Å². The first kappa shape index (κ1) is 23.8. The number of para-hydroxylation sites is 1. The molecule has 0 aliphatic heterocycles. The number of aryl methyl sites for hydroxylation is 2. The Bertz CT molecular complexity index is 1290. The lowest BCUT2D eigenvalue weighted by Gasteiger charge is -2.18. The minimum Gasteiger partial charge on any atom is -0.489 e. The van der Waals surface area contributed by atoms with Crippen molar-refractivity contribution in [2.45, 2.75) is 30.9 Å². The van der Waals surface area contributed by atoms with E-state index in [1.165, 1.54) is 11.8 Å². The summed E-state index contributed by atoms with van der Waals surface area (Å²) in [6, 6.07) is 22.8. The highest BCUT2D eigenvalue weighted by Gasteiger charge is 2.26. The van der Waals surface area contributed by atoms with Crippen LogP contribution in [0.15, 0.2) is 78.0 Å². The predicted octanol–water partition coefficient (Wildman–Crippen LogP) is 6.23. The largest absolute Gasteiger partial charge is 0.489 e. The van der Waals surface area contributed by atoms with Crippen LogP contribution in [-0.4, -0.2) is 26.2 Å². The molecule has 0 saturated heterocycles. The van der Waals surface area contributed by atoms with Crippen molar-refractivity contribution < 1.29 is 9.66 Å². The monoisotopic (exact) mass is 494 g/mol. The van der Waals surface area contributed by atoms with E-state index in [9.17, 15) is 10.1 Å². The molecule has 0 aliphatic carbocycles. The maximum Gasteiger partial charge on any atom is 0.220 e. The second-order valence-corrected chi connectivity index (χ2v) is 9.32. The van der Waals surface area contributed by atoms with Crippen molar-refractivity contribution in [3.05, 3.63) is 110 Å². The van der Waals surface area contributed by atoms with E-state index in [1.807, 2.05) is 85.1 Å². The Balaban J connectivity index is 1.65. The van der Waals surface area contributed by atoms with E-state index in [4.69, 9.17) is 16.3 Å². The fourth-order valence-corrected chi connectivity index (χ4v) is 4.91. The van der Waals surface area contributed by atoms with E-state index in [-0.39, 0.29) is 18.1 Å². The first-order valence-corrected chi connectivity index (χ1v) is 11.9. The van der Waals surface area contributed by atoms with Gasteiger partial charge in [-0.05, 0) is 38.1 Å². The zero-order valence-electron chi connectivity index (χ0n) is 18.7. The number of aromatic nitrogens is 3. The van der Waals surface area contributed by atoms with Gasteiger partial charge >= 0.3 is 0 Å². The van der Waals surface area contributed by atoms with Gasteiger partial charge in [0.05, 0.1) is 0 Å². The summed E-state index contributed by atoms with van der Waals surface area (Å²) in [5, 5.41) is 20.8. The molecule has 3 aromatic carbocycles. The molecule has 0 aliphatic rings. The van der Waals surface area contributed by atoms with Gasteiger partial charge in [0.25, 0.3) is 0 Å². The molecule has 0 unspecified atom stereocenters. The van der Waals surface area contributed by atoms with Gasteiger partial charge in [-0.25, -0.2) is 0 Å². The summed E-state index contributed by atoms with van der Waals surface area (Å²) in [6.45, 7) is 3.84. The lowest BCUT2D eigenvalue weighted by molar-refractivity contribution is -0.479. The molecule has 1 aromatic heterocycles. The van der Waals surface area contributed by atoms with Gasteiger partial charge < -0.3 is 4.74 Å². The average Bonchev–Trinajstić information content (AvgIpc) is 3.18. The number of hydrogen-bond donors (Lipinski definition) is 0. The van der Waals surface area contributed by atoms with Crippen LogP contribution in [0.25, 0.3) is 5.69 Å². The van der Waals surface area contributed by atoms with Crippen LogP contribution in [0.5, 0.6) is 5.75 Å². The van der Waals surface area contributed by atoms with Crippen LogP contribution in [0.1, 0.15) is 27.8 Å². The van der Waals surface area contributed by atoms with Crippen molar-refractivity contribution in [1.29, 1.82) is 0 Å². The normalized spacial score (nSPS) is 11.9. The highest BCUT2D eigenvalue weighted by Crippen LogP contribution is 2.40. The fraction of sp³-hybridized carbons (Fsp3) is 0.200. The van der Waals surface area contributed by atoms with Gasteiger partial charge in [0.2, 0.25) is 6.54 Å². The second kappa shape index (κ2) is 10.7. The number of thioether (sulfide) groups is 1. The zero-order valence-corrected chi connectivity index (χ0v) is 20.3. The summed E-state index contributed by atoms with van der Waals surface area (Å²) in [6.07, 6.45) is 0. The number of nitro groups is 1. The molecule has 0 fully saturated rings. The molecule has 7 nitrogen and oxygen atoms in total. The molecule has 0 saturated carbocycles. The first-order chi connectivity index (χ1) is 16.4. The van der Waals surface area contributed by atoms with Crippen LogP contribution in [-0.2, 0) is 6.61 Å². The van der Waals surface area contributed by atoms with Crippen molar-refractivity contribution in [2.24, 2.45) is 0 Å². The highest BCUT2D eigenvalue weighted by atomic mass is 35.5. The van der Waals surface area contributed by atoms with Crippen molar-refractivity contribution in [1.82, 2.24) is 14.8 Å². The Kier molecular flexibility index (Phi) is 7.49. The van der Waals surface area contributed by atoms with Crippen LogP contribution < -0.4 is 4.74 Å². The maximum absolute atomic E-state index is 11.6. The summed E-state index contributed by atoms with van der Waals surface area (Å²) in [5.74, 6) is 1.27. The smallest absolute Gasteiger partial charge is 0.220 e. The van der Waals surface area contributed by atoms with E-state index >= 15 is 0 Å². The minimum atomic E-state index is -0.537. The molecule has 174 valence electrons. The topological polar surface area (TPSA) is 83.1 Å². The Morgan fingerprint density at radius 3 is 2.47 bits per heavy atom. The molecule has 0 radical (unpaired) electrons. The quantitative estimate of drug-likeness (QED) is 0.156. The molecule has 4 rings (SSSR count). The number of hydrogen-bond acceptors (Lipinski definition) is 6. The van der Waals surface area contributed by atoms with Gasteiger partial charge in [0.1, 0.15) is 23.4 Å². The third-order valence-electron chi connectivity index (χ3n) is 5.26. The number of ether oxygens (including phenoxy) is 1. The maximum atomic E-state index is 11.6. The van der Waals surface area contributed by atoms with E-state index in [1.54, 1.807) is 6.07 Å². The Morgan fingerprint density at radius 2 is 1.74 bits per heavy atom. The van der Waals surface area contributed by atoms with E-state index < -0.39 is 5.25 Å². The van der Waals surface area contributed by atoms with Gasteiger partial charge in [-0.3, -0.25) is 14.7 Å². The van der Waals surface area contributed by atoms with Gasteiger partial charge in [-0.1, -0.05) is 77.5 Å². The van der Waals surface area contributed by atoms with Gasteiger partial charge in [-0.15, -0.1) is 10.2 Å². The minimum absolute atomic E-state index is 0.255.